The molecule has 0 atom stereocenters. The lowest BCUT2D eigenvalue weighted by Gasteiger charge is -2.19. The summed E-state index contributed by atoms with van der Waals surface area (Å²) in [6, 6.07) is 0. The molecule has 0 saturated carbocycles. The van der Waals surface area contributed by atoms with Crippen molar-refractivity contribution >= 4 is 50.1 Å². The van der Waals surface area contributed by atoms with Crippen LogP contribution in [0.1, 0.15) is 20.8 Å². The van der Waals surface area contributed by atoms with Crippen LogP contribution in [0.2, 0.25) is 0 Å². The Morgan fingerprint density at radius 3 is 2.90 bits per heavy atom. The number of carbonyl (C=O) groups excluding carboxylic acids is 1. The third-order valence-corrected chi connectivity index (χ3v) is 3.48. The van der Waals surface area contributed by atoms with Gasteiger partial charge in [0.25, 0.3) is 0 Å². The Morgan fingerprint density at radius 2 is 2.25 bits per heavy atom. The van der Waals surface area contributed by atoms with Crippen molar-refractivity contribution in [3.63, 3.8) is 0 Å². The van der Waals surface area contributed by atoms with Gasteiger partial charge < -0.3 is 15.4 Å². The first-order valence-corrected chi connectivity index (χ1v) is 7.95. The molecule has 0 fully saturated rings. The van der Waals surface area contributed by atoms with Crippen LogP contribution in [0.15, 0.2) is 6.20 Å². The average molecular weight is 409 g/mol. The Kier molecular flexibility index (Phi) is 4.68. The maximum Gasteiger partial charge on any atom is 0.407 e. The predicted octanol–water partition coefficient (Wildman–Crippen LogP) is 2.33. The number of alkyl carbamates (subject to hydrolysis) is 1. The fourth-order valence-corrected chi connectivity index (χ4v) is 2.86. The molecule has 0 radical (unpaired) electrons. The second kappa shape index (κ2) is 6.12. The predicted molar refractivity (Wildman–Crippen MR) is 86.3 cm³/mol. The molecule has 1 amide bonds. The van der Waals surface area contributed by atoms with Gasteiger partial charge in [-0.25, -0.2) is 14.3 Å². The first kappa shape index (κ1) is 15.3. The lowest BCUT2D eigenvalue weighted by atomic mass is 10.2. The van der Waals surface area contributed by atoms with E-state index in [4.69, 9.17) is 4.74 Å². The van der Waals surface area contributed by atoms with E-state index in [0.717, 1.165) is 13.8 Å². The summed E-state index contributed by atoms with van der Waals surface area (Å²) in [6.07, 6.45) is 1.44. The molecule has 0 spiro atoms. The van der Waals surface area contributed by atoms with Gasteiger partial charge in [-0.2, -0.15) is 0 Å². The number of nitrogens with zero attached hydrogens (tertiary/aromatic N) is 3. The minimum Gasteiger partial charge on any atom is -0.444 e. The number of halogens is 1. The van der Waals surface area contributed by atoms with Gasteiger partial charge in [-0.1, -0.05) is 11.3 Å². The number of carbonyl (C=O) groups is 1. The van der Waals surface area contributed by atoms with Crippen LogP contribution < -0.4 is 10.6 Å². The summed E-state index contributed by atoms with van der Waals surface area (Å²) in [5.41, 5.74) is -0.477. The molecule has 2 rings (SSSR count). The van der Waals surface area contributed by atoms with Crippen LogP contribution in [-0.2, 0) is 4.74 Å². The van der Waals surface area contributed by atoms with Crippen molar-refractivity contribution in [3.8, 4) is 0 Å². The molecule has 7 nitrogen and oxygen atoms in total. The van der Waals surface area contributed by atoms with Crippen molar-refractivity contribution < 1.29 is 9.53 Å². The molecule has 110 valence electrons. The second-order valence-electron chi connectivity index (χ2n) is 5.05. The van der Waals surface area contributed by atoms with E-state index in [1.165, 1.54) is 11.3 Å². The molecule has 2 aromatic heterocycles. The first-order chi connectivity index (χ1) is 9.33. The summed E-state index contributed by atoms with van der Waals surface area (Å²) in [7, 11) is 0. The van der Waals surface area contributed by atoms with Crippen LogP contribution in [0.5, 0.6) is 0 Å². The van der Waals surface area contributed by atoms with Crippen molar-refractivity contribution in [1.82, 2.24) is 19.9 Å². The molecule has 0 bridgehead atoms. The second-order valence-corrected chi connectivity index (χ2v) is 7.11. The monoisotopic (exact) mass is 409 g/mol. The maximum atomic E-state index is 11.4. The standard InChI is InChI=1S/C11H16IN5O2S/c1-11(2,3)19-10(18)14-5-4-13-8-16-17-6-7(12)15-9(17)20-8/h6H,4-5H2,1-3H3,(H,13,16)(H,14,18). The molecule has 0 unspecified atom stereocenters. The zero-order valence-electron chi connectivity index (χ0n) is 11.4. The van der Waals surface area contributed by atoms with E-state index in [0.29, 0.717) is 13.1 Å². The Morgan fingerprint density at radius 1 is 1.50 bits per heavy atom. The molecule has 20 heavy (non-hydrogen) atoms. The minimum atomic E-state index is -0.477. The smallest absolute Gasteiger partial charge is 0.407 e. The van der Waals surface area contributed by atoms with E-state index in [-0.39, 0.29) is 0 Å². The number of aromatic nitrogens is 3. The fraction of sp³-hybridized carbons (Fsp3) is 0.545. The van der Waals surface area contributed by atoms with E-state index >= 15 is 0 Å². The number of hydrogen-bond donors (Lipinski definition) is 2. The molecule has 2 heterocycles. The number of rotatable bonds is 4. The van der Waals surface area contributed by atoms with Crippen molar-refractivity contribution in [2.75, 3.05) is 18.4 Å². The lowest BCUT2D eigenvalue weighted by Crippen LogP contribution is -2.34. The Hall–Kier alpha value is -1.10. The van der Waals surface area contributed by atoms with E-state index in [1.807, 2.05) is 27.0 Å². The number of hydrogen-bond acceptors (Lipinski definition) is 6. The first-order valence-electron chi connectivity index (χ1n) is 6.06. The third kappa shape index (κ3) is 4.47. The van der Waals surface area contributed by atoms with Crippen LogP contribution in [0, 0.1) is 3.70 Å². The van der Waals surface area contributed by atoms with Crippen molar-refractivity contribution in [2.24, 2.45) is 0 Å². The molecule has 0 aromatic carbocycles. The summed E-state index contributed by atoms with van der Waals surface area (Å²) in [5.74, 6) is 0. The highest BCUT2D eigenvalue weighted by Gasteiger charge is 2.15. The molecule has 0 aliphatic heterocycles. The van der Waals surface area contributed by atoms with Crippen LogP contribution in [-0.4, -0.2) is 39.4 Å². The van der Waals surface area contributed by atoms with E-state index < -0.39 is 11.7 Å². The van der Waals surface area contributed by atoms with Gasteiger partial charge in [0, 0.05) is 13.1 Å². The number of nitrogens with one attached hydrogen (secondary N) is 2. The molecule has 0 aliphatic carbocycles. The molecule has 0 aliphatic rings. The van der Waals surface area contributed by atoms with E-state index in [2.05, 4.69) is 43.3 Å². The highest BCUT2D eigenvalue weighted by Crippen LogP contribution is 2.19. The highest BCUT2D eigenvalue weighted by atomic mass is 127. The average Bonchev–Trinajstić information content (AvgIpc) is 2.78. The SMILES string of the molecule is CC(C)(C)OC(=O)NCCNc1nn2cc(I)nc2s1. The largest absolute Gasteiger partial charge is 0.444 e. The molecular formula is C11H16IN5O2S. The number of amides is 1. The summed E-state index contributed by atoms with van der Waals surface area (Å²) in [6.45, 7) is 6.54. The third-order valence-electron chi connectivity index (χ3n) is 2.08. The van der Waals surface area contributed by atoms with E-state index in [9.17, 15) is 4.79 Å². The van der Waals surface area contributed by atoms with Gasteiger partial charge in [-0.3, -0.25) is 0 Å². The quantitative estimate of drug-likeness (QED) is 0.599. The zero-order valence-corrected chi connectivity index (χ0v) is 14.4. The lowest BCUT2D eigenvalue weighted by molar-refractivity contribution is 0.0530. The normalized spacial score (nSPS) is 11.6. The van der Waals surface area contributed by atoms with Gasteiger partial charge >= 0.3 is 6.09 Å². The summed E-state index contributed by atoms with van der Waals surface area (Å²) in [4.78, 5) is 16.6. The van der Waals surface area contributed by atoms with Gasteiger partial charge in [-0.15, -0.1) is 5.10 Å². The number of anilines is 1. The Balaban J connectivity index is 1.73. The molecule has 0 saturated heterocycles. The summed E-state index contributed by atoms with van der Waals surface area (Å²) >= 11 is 3.61. The number of imidazole rings is 1. The van der Waals surface area contributed by atoms with Crippen LogP contribution in [0.4, 0.5) is 9.93 Å². The van der Waals surface area contributed by atoms with Crippen molar-refractivity contribution in [2.45, 2.75) is 26.4 Å². The number of fused-ring (bicyclic) bond motifs is 1. The van der Waals surface area contributed by atoms with Crippen LogP contribution in [0.3, 0.4) is 0 Å². The van der Waals surface area contributed by atoms with Gasteiger partial charge in [0.1, 0.15) is 9.30 Å². The Labute approximate surface area is 134 Å². The fourth-order valence-electron chi connectivity index (χ4n) is 1.39. The summed E-state index contributed by atoms with van der Waals surface area (Å²) < 4.78 is 7.78. The zero-order chi connectivity index (χ0) is 14.8. The molecular weight excluding hydrogens is 393 g/mol. The van der Waals surface area contributed by atoms with Crippen molar-refractivity contribution in [1.29, 1.82) is 0 Å². The molecule has 2 N–H and O–H groups in total. The topological polar surface area (TPSA) is 80.5 Å². The van der Waals surface area contributed by atoms with Gasteiger partial charge in [0.15, 0.2) is 0 Å². The summed E-state index contributed by atoms with van der Waals surface area (Å²) in [5, 5.41) is 10.9. The van der Waals surface area contributed by atoms with Gasteiger partial charge in [0.05, 0.1) is 6.20 Å². The molecule has 9 heteroatoms. The minimum absolute atomic E-state index is 0.414. The van der Waals surface area contributed by atoms with Gasteiger partial charge in [-0.05, 0) is 43.4 Å². The van der Waals surface area contributed by atoms with E-state index in [1.54, 1.807) is 4.52 Å². The maximum absolute atomic E-state index is 11.4. The van der Waals surface area contributed by atoms with Crippen molar-refractivity contribution in [3.05, 3.63) is 9.90 Å². The van der Waals surface area contributed by atoms with Crippen LogP contribution in [0.25, 0.3) is 4.96 Å². The highest BCUT2D eigenvalue weighted by molar-refractivity contribution is 14.1. The van der Waals surface area contributed by atoms with Gasteiger partial charge in [0.2, 0.25) is 10.1 Å². The molecule has 2 aromatic rings. The Bertz CT molecular complexity index is 572. The number of ether oxygens (including phenoxy) is 1. The van der Waals surface area contributed by atoms with Crippen LogP contribution >= 0.6 is 33.9 Å².